The van der Waals surface area contributed by atoms with Gasteiger partial charge in [-0.1, -0.05) is 30.3 Å². The molecular formula is C26H32N4O2. The van der Waals surface area contributed by atoms with E-state index in [-0.39, 0.29) is 23.7 Å². The average Bonchev–Trinajstić information content (AvgIpc) is 3.29. The third-order valence-electron chi connectivity index (χ3n) is 6.52. The summed E-state index contributed by atoms with van der Waals surface area (Å²) in [7, 11) is 1.84. The van der Waals surface area contributed by atoms with Gasteiger partial charge in [0.15, 0.2) is 0 Å². The summed E-state index contributed by atoms with van der Waals surface area (Å²) in [6.45, 7) is 4.70. The molecule has 4 rings (SSSR count). The number of carbonyl (C=O) groups is 1. The largest absolute Gasteiger partial charge is 0.508 e. The number of amides is 1. The summed E-state index contributed by atoms with van der Waals surface area (Å²) < 4.78 is 0. The topological polar surface area (TPSA) is 81.2 Å². The van der Waals surface area contributed by atoms with Gasteiger partial charge < -0.3 is 20.3 Å². The maximum absolute atomic E-state index is 13.7. The van der Waals surface area contributed by atoms with E-state index in [2.05, 4.69) is 27.4 Å². The van der Waals surface area contributed by atoms with Gasteiger partial charge in [-0.15, -0.1) is 0 Å². The molecule has 0 spiro atoms. The van der Waals surface area contributed by atoms with Crippen LogP contribution < -0.4 is 5.32 Å². The highest BCUT2D eigenvalue weighted by atomic mass is 16.3. The maximum Gasteiger partial charge on any atom is 0.240 e. The van der Waals surface area contributed by atoms with Crippen molar-refractivity contribution < 1.29 is 9.90 Å². The molecule has 3 aromatic rings. The van der Waals surface area contributed by atoms with Crippen LogP contribution in [-0.2, 0) is 11.2 Å². The Balaban J connectivity index is 1.56. The first-order valence-electron chi connectivity index (χ1n) is 11.3. The van der Waals surface area contributed by atoms with E-state index in [0.717, 1.165) is 59.6 Å². The number of likely N-dealkylation sites (N-methyl/N-ethyl adjacent to an activating group) is 1. The summed E-state index contributed by atoms with van der Waals surface area (Å²) >= 11 is 0. The molecule has 0 radical (unpaired) electrons. The van der Waals surface area contributed by atoms with Crippen molar-refractivity contribution in [3.05, 3.63) is 71.2 Å². The van der Waals surface area contributed by atoms with Gasteiger partial charge in [-0.25, -0.2) is 4.98 Å². The number of hydrogen-bond acceptors (Lipinski definition) is 4. The zero-order chi connectivity index (χ0) is 22.7. The summed E-state index contributed by atoms with van der Waals surface area (Å²) in [6, 6.07) is 13.3. The molecule has 3 N–H and O–H groups in total. The molecule has 0 unspecified atom stereocenters. The predicted molar refractivity (Wildman–Crippen MR) is 126 cm³/mol. The van der Waals surface area contributed by atoms with E-state index in [1.165, 1.54) is 0 Å². The van der Waals surface area contributed by atoms with Crippen molar-refractivity contribution in [2.24, 2.45) is 0 Å². The van der Waals surface area contributed by atoms with Crippen molar-refractivity contribution in [2.75, 3.05) is 13.6 Å². The number of rotatable bonds is 6. The van der Waals surface area contributed by atoms with Crippen LogP contribution in [0.3, 0.4) is 0 Å². The molecule has 6 heteroatoms. The zero-order valence-corrected chi connectivity index (χ0v) is 19.1. The number of aromatic nitrogens is 2. The standard InChI is InChI=1S/C26H32N4O2/c1-17-13-20(31)14-18(2)21(17)15-22(27-3)26(32)30-12-8-7-11-24(30)25-28-16-23(29-25)19-9-5-4-6-10-19/h4-6,9-10,13-14,16,22,24,27,31H,7-8,11-12,15H2,1-3H3,(H,28,29)/t22-,24-/m0/s1. The number of H-pyrrole nitrogens is 1. The number of piperidine rings is 1. The molecule has 2 aromatic carbocycles. The van der Waals surface area contributed by atoms with Gasteiger partial charge in [0.2, 0.25) is 5.91 Å². The Hall–Kier alpha value is -3.12. The molecular weight excluding hydrogens is 400 g/mol. The van der Waals surface area contributed by atoms with Gasteiger partial charge >= 0.3 is 0 Å². The molecule has 1 aliphatic heterocycles. The third-order valence-corrected chi connectivity index (χ3v) is 6.52. The Morgan fingerprint density at radius 1 is 1.22 bits per heavy atom. The normalized spacial score (nSPS) is 17.3. The number of benzene rings is 2. The lowest BCUT2D eigenvalue weighted by Crippen LogP contribution is -2.49. The number of imidazole rings is 1. The van der Waals surface area contributed by atoms with Crippen LogP contribution in [0.15, 0.2) is 48.7 Å². The van der Waals surface area contributed by atoms with Gasteiger partial charge in [0.25, 0.3) is 0 Å². The van der Waals surface area contributed by atoms with Gasteiger partial charge in [0.05, 0.1) is 24.0 Å². The SMILES string of the molecule is CN[C@@H](Cc1c(C)cc(O)cc1C)C(=O)N1CCCC[C@H]1c1ncc(-c2ccccc2)[nH]1. The number of aromatic amines is 1. The van der Waals surface area contributed by atoms with Gasteiger partial charge in [0, 0.05) is 6.54 Å². The van der Waals surface area contributed by atoms with Crippen LogP contribution in [0, 0.1) is 13.8 Å². The van der Waals surface area contributed by atoms with E-state index in [9.17, 15) is 9.90 Å². The van der Waals surface area contributed by atoms with E-state index < -0.39 is 0 Å². The van der Waals surface area contributed by atoms with Crippen molar-refractivity contribution in [3.8, 4) is 17.0 Å². The number of nitrogens with zero attached hydrogens (tertiary/aromatic N) is 2. The second-order valence-corrected chi connectivity index (χ2v) is 8.69. The number of hydrogen-bond donors (Lipinski definition) is 3. The first-order valence-corrected chi connectivity index (χ1v) is 11.3. The second-order valence-electron chi connectivity index (χ2n) is 8.69. The summed E-state index contributed by atoms with van der Waals surface area (Å²) in [5.41, 5.74) is 5.17. The monoisotopic (exact) mass is 432 g/mol. The fourth-order valence-corrected chi connectivity index (χ4v) is 4.76. The minimum Gasteiger partial charge on any atom is -0.508 e. The van der Waals surface area contributed by atoms with Crippen molar-refractivity contribution >= 4 is 5.91 Å². The minimum absolute atomic E-state index is 0.0495. The number of nitrogens with one attached hydrogen (secondary N) is 2. The first-order chi connectivity index (χ1) is 15.5. The van der Waals surface area contributed by atoms with Crippen molar-refractivity contribution in [1.29, 1.82) is 0 Å². The smallest absolute Gasteiger partial charge is 0.240 e. The number of phenols is 1. The number of aryl methyl sites for hydroxylation is 2. The number of carbonyl (C=O) groups excluding carboxylic acids is 1. The zero-order valence-electron chi connectivity index (χ0n) is 19.1. The van der Waals surface area contributed by atoms with Crippen LogP contribution in [0.25, 0.3) is 11.3 Å². The Morgan fingerprint density at radius 3 is 2.62 bits per heavy atom. The molecule has 0 aliphatic carbocycles. The van der Waals surface area contributed by atoms with Gasteiger partial charge in [-0.3, -0.25) is 4.79 Å². The number of phenolic OH excluding ortho intramolecular Hbond substituents is 1. The van der Waals surface area contributed by atoms with Crippen LogP contribution in [0.2, 0.25) is 0 Å². The van der Waals surface area contributed by atoms with Crippen molar-refractivity contribution in [2.45, 2.75) is 51.6 Å². The summed E-state index contributed by atoms with van der Waals surface area (Å²) in [5.74, 6) is 1.21. The minimum atomic E-state index is -0.332. The highest BCUT2D eigenvalue weighted by Crippen LogP contribution is 2.32. The summed E-state index contributed by atoms with van der Waals surface area (Å²) in [6.07, 6.45) is 5.43. The fraction of sp³-hybridized carbons (Fsp3) is 0.385. The molecule has 0 bridgehead atoms. The van der Waals surface area contributed by atoms with E-state index >= 15 is 0 Å². The van der Waals surface area contributed by atoms with Crippen LogP contribution >= 0.6 is 0 Å². The van der Waals surface area contributed by atoms with Gasteiger partial charge in [-0.05, 0) is 81.0 Å². The quantitative estimate of drug-likeness (QED) is 0.543. The van der Waals surface area contributed by atoms with Crippen molar-refractivity contribution in [3.63, 3.8) is 0 Å². The van der Waals surface area contributed by atoms with E-state index in [1.807, 2.05) is 50.2 Å². The van der Waals surface area contributed by atoms with E-state index in [4.69, 9.17) is 0 Å². The molecule has 0 saturated carbocycles. The molecule has 2 heterocycles. The Kier molecular flexibility index (Phi) is 6.61. The lowest BCUT2D eigenvalue weighted by molar-refractivity contribution is -0.137. The van der Waals surface area contributed by atoms with Crippen LogP contribution in [0.4, 0.5) is 0 Å². The molecule has 1 amide bonds. The molecule has 1 aliphatic rings. The Labute approximate surface area is 189 Å². The molecule has 1 aromatic heterocycles. The molecule has 1 saturated heterocycles. The van der Waals surface area contributed by atoms with Gasteiger partial charge in [-0.2, -0.15) is 0 Å². The third kappa shape index (κ3) is 4.55. The van der Waals surface area contributed by atoms with Crippen LogP contribution in [0.1, 0.15) is 47.8 Å². The molecule has 168 valence electrons. The molecule has 6 nitrogen and oxygen atoms in total. The average molecular weight is 433 g/mol. The Morgan fingerprint density at radius 2 is 1.94 bits per heavy atom. The molecule has 1 fully saturated rings. The van der Waals surface area contributed by atoms with Crippen molar-refractivity contribution in [1.82, 2.24) is 20.2 Å². The van der Waals surface area contributed by atoms with Crippen LogP contribution in [0.5, 0.6) is 5.75 Å². The highest BCUT2D eigenvalue weighted by molar-refractivity contribution is 5.83. The molecule has 2 atom stereocenters. The fourth-order valence-electron chi connectivity index (χ4n) is 4.76. The van der Waals surface area contributed by atoms with Gasteiger partial charge in [0.1, 0.15) is 11.6 Å². The summed E-state index contributed by atoms with van der Waals surface area (Å²) in [5, 5.41) is 13.1. The number of likely N-dealkylation sites (tertiary alicyclic amines) is 1. The number of aromatic hydroxyl groups is 1. The lowest BCUT2D eigenvalue weighted by atomic mass is 9.94. The van der Waals surface area contributed by atoms with Crippen LogP contribution in [-0.4, -0.2) is 45.5 Å². The maximum atomic E-state index is 13.7. The molecule has 32 heavy (non-hydrogen) atoms. The first kappa shape index (κ1) is 22.1. The van der Waals surface area contributed by atoms with E-state index in [0.29, 0.717) is 6.42 Å². The lowest BCUT2D eigenvalue weighted by Gasteiger charge is -2.37. The summed E-state index contributed by atoms with van der Waals surface area (Å²) in [4.78, 5) is 23.8. The second kappa shape index (κ2) is 9.57. The predicted octanol–water partition coefficient (Wildman–Crippen LogP) is 4.28. The highest BCUT2D eigenvalue weighted by Gasteiger charge is 2.33. The Bertz CT molecular complexity index is 1050. The van der Waals surface area contributed by atoms with E-state index in [1.54, 1.807) is 12.1 Å².